The van der Waals surface area contributed by atoms with Crippen LogP contribution >= 0.6 is 11.3 Å². The van der Waals surface area contributed by atoms with Crippen molar-refractivity contribution in [1.82, 2.24) is 0 Å². The molecule has 4 nitrogen and oxygen atoms in total. The Kier molecular flexibility index (Phi) is 2.99. The fourth-order valence-electron chi connectivity index (χ4n) is 2.15. The van der Waals surface area contributed by atoms with Crippen LogP contribution in [0.2, 0.25) is 0 Å². The maximum atomic E-state index is 12.7. The zero-order valence-electron chi connectivity index (χ0n) is 10.3. The van der Waals surface area contributed by atoms with Gasteiger partial charge in [-0.25, -0.2) is 8.42 Å². The van der Waals surface area contributed by atoms with Crippen LogP contribution < -0.4 is 9.04 Å². The Morgan fingerprint density at radius 2 is 2.05 bits per heavy atom. The molecule has 1 unspecified atom stereocenters. The Hall–Kier alpha value is -1.53. The van der Waals surface area contributed by atoms with E-state index >= 15 is 0 Å². The van der Waals surface area contributed by atoms with Gasteiger partial charge in [0.05, 0.1) is 11.7 Å². The fraction of sp³-hybridized carbons (Fsp3) is 0.231. The molecule has 1 aromatic heterocycles. The highest BCUT2D eigenvalue weighted by molar-refractivity contribution is 7.94. The lowest BCUT2D eigenvalue weighted by Gasteiger charge is -2.35. The van der Waals surface area contributed by atoms with Crippen LogP contribution in [0, 0.1) is 0 Å². The van der Waals surface area contributed by atoms with E-state index < -0.39 is 10.0 Å². The zero-order valence-corrected chi connectivity index (χ0v) is 11.9. The van der Waals surface area contributed by atoms with Gasteiger partial charge in [0, 0.05) is 0 Å². The Balaban J connectivity index is 2.15. The van der Waals surface area contributed by atoms with Crippen molar-refractivity contribution in [2.24, 2.45) is 0 Å². The molecule has 2 heterocycles. The van der Waals surface area contributed by atoms with E-state index in [4.69, 9.17) is 4.74 Å². The summed E-state index contributed by atoms with van der Waals surface area (Å²) in [5.41, 5.74) is 0.606. The third-order valence-corrected chi connectivity index (χ3v) is 6.29. The molecule has 6 heteroatoms. The zero-order chi connectivity index (χ0) is 13.5. The molecule has 0 spiro atoms. The van der Waals surface area contributed by atoms with Crippen LogP contribution in [-0.2, 0) is 10.0 Å². The molecule has 2 aromatic rings. The monoisotopic (exact) mass is 295 g/mol. The average molecular weight is 295 g/mol. The van der Waals surface area contributed by atoms with Crippen LogP contribution in [0.3, 0.4) is 0 Å². The Bertz CT molecular complexity index is 680. The van der Waals surface area contributed by atoms with E-state index in [2.05, 4.69) is 0 Å². The number of benzene rings is 1. The minimum absolute atomic E-state index is 0.220. The normalized spacial score (nSPS) is 18.8. The SMILES string of the molecule is CC1COc2ccccc2N1S(=O)(=O)c1cccs1. The van der Waals surface area contributed by atoms with Crippen molar-refractivity contribution in [2.45, 2.75) is 17.2 Å². The summed E-state index contributed by atoms with van der Waals surface area (Å²) in [5.74, 6) is 0.612. The minimum Gasteiger partial charge on any atom is -0.489 e. The van der Waals surface area contributed by atoms with Gasteiger partial charge in [0.25, 0.3) is 10.0 Å². The van der Waals surface area contributed by atoms with E-state index in [-0.39, 0.29) is 6.04 Å². The number of fused-ring (bicyclic) bond motifs is 1. The molecule has 0 amide bonds. The molecule has 1 aliphatic heterocycles. The van der Waals surface area contributed by atoms with Crippen molar-refractivity contribution in [3.8, 4) is 5.75 Å². The molecule has 100 valence electrons. The first-order chi connectivity index (χ1) is 9.10. The lowest BCUT2D eigenvalue weighted by atomic mass is 10.2. The number of para-hydroxylation sites is 2. The largest absolute Gasteiger partial charge is 0.489 e. The van der Waals surface area contributed by atoms with Crippen molar-refractivity contribution in [2.75, 3.05) is 10.9 Å². The predicted molar refractivity (Wildman–Crippen MR) is 75.4 cm³/mol. The van der Waals surface area contributed by atoms with Crippen molar-refractivity contribution in [1.29, 1.82) is 0 Å². The molecule has 0 radical (unpaired) electrons. The first kappa shape index (κ1) is 12.5. The van der Waals surface area contributed by atoms with Gasteiger partial charge < -0.3 is 4.74 Å². The number of anilines is 1. The van der Waals surface area contributed by atoms with E-state index in [9.17, 15) is 8.42 Å². The third kappa shape index (κ3) is 2.01. The standard InChI is InChI=1S/C13H13NO3S2/c1-10-9-17-12-6-3-2-5-11(12)14(10)19(15,16)13-7-4-8-18-13/h2-8,10H,9H2,1H3. The molecule has 1 aromatic carbocycles. The van der Waals surface area contributed by atoms with Gasteiger partial charge in [0.15, 0.2) is 0 Å². The van der Waals surface area contributed by atoms with Gasteiger partial charge in [0.2, 0.25) is 0 Å². The summed E-state index contributed by atoms with van der Waals surface area (Å²) in [6, 6.07) is 10.4. The summed E-state index contributed by atoms with van der Waals surface area (Å²) in [6.45, 7) is 2.21. The molecule has 1 atom stereocenters. The highest BCUT2D eigenvalue weighted by Crippen LogP contribution is 2.38. The highest BCUT2D eigenvalue weighted by Gasteiger charge is 2.35. The molecular formula is C13H13NO3S2. The van der Waals surface area contributed by atoms with Crippen LogP contribution in [0.1, 0.15) is 6.92 Å². The van der Waals surface area contributed by atoms with Gasteiger partial charge in [-0.3, -0.25) is 4.31 Å². The molecule has 3 rings (SSSR count). The van der Waals surface area contributed by atoms with Crippen LogP contribution in [0.4, 0.5) is 5.69 Å². The summed E-state index contributed by atoms with van der Waals surface area (Å²) in [7, 11) is -3.51. The third-order valence-electron chi connectivity index (χ3n) is 2.99. The van der Waals surface area contributed by atoms with Crippen molar-refractivity contribution in [3.63, 3.8) is 0 Å². The topological polar surface area (TPSA) is 46.6 Å². The first-order valence-corrected chi connectivity index (χ1v) is 8.22. The average Bonchev–Trinajstić information content (AvgIpc) is 2.92. The van der Waals surface area contributed by atoms with Gasteiger partial charge in [-0.1, -0.05) is 18.2 Å². The molecule has 0 bridgehead atoms. The quantitative estimate of drug-likeness (QED) is 0.856. The van der Waals surface area contributed by atoms with E-state index in [0.717, 1.165) is 0 Å². The molecule has 0 saturated heterocycles. The van der Waals surface area contributed by atoms with E-state index in [0.29, 0.717) is 22.3 Å². The van der Waals surface area contributed by atoms with Gasteiger partial charge in [0.1, 0.15) is 16.6 Å². The number of rotatable bonds is 2. The van der Waals surface area contributed by atoms with Crippen molar-refractivity contribution >= 4 is 27.0 Å². The second kappa shape index (κ2) is 4.54. The summed E-state index contributed by atoms with van der Waals surface area (Å²) in [4.78, 5) is 0. The number of sulfonamides is 1. The smallest absolute Gasteiger partial charge is 0.274 e. The van der Waals surface area contributed by atoms with Crippen LogP contribution in [0.25, 0.3) is 0 Å². The number of thiophene rings is 1. The van der Waals surface area contributed by atoms with E-state index in [1.165, 1.54) is 15.6 Å². The fourth-order valence-corrected chi connectivity index (χ4v) is 4.88. The number of hydrogen-bond acceptors (Lipinski definition) is 4. The van der Waals surface area contributed by atoms with Crippen LogP contribution in [-0.4, -0.2) is 21.1 Å². The summed E-state index contributed by atoms with van der Waals surface area (Å²) in [6.07, 6.45) is 0. The molecule has 0 N–H and O–H groups in total. The van der Waals surface area contributed by atoms with Crippen molar-refractivity contribution < 1.29 is 13.2 Å². The summed E-state index contributed by atoms with van der Waals surface area (Å²) in [5, 5.41) is 1.77. The first-order valence-electron chi connectivity index (χ1n) is 5.90. The Morgan fingerprint density at radius 1 is 1.26 bits per heavy atom. The maximum absolute atomic E-state index is 12.7. The molecule has 19 heavy (non-hydrogen) atoms. The highest BCUT2D eigenvalue weighted by atomic mass is 32.2. The molecule has 1 aliphatic rings. The summed E-state index contributed by atoms with van der Waals surface area (Å²) >= 11 is 1.23. The molecule has 0 aliphatic carbocycles. The number of nitrogens with zero attached hydrogens (tertiary/aromatic N) is 1. The second-order valence-corrected chi connectivity index (χ2v) is 7.35. The predicted octanol–water partition coefficient (Wildman–Crippen LogP) is 2.72. The molecule has 0 fully saturated rings. The van der Waals surface area contributed by atoms with Gasteiger partial charge in [-0.05, 0) is 30.5 Å². The minimum atomic E-state index is -3.51. The maximum Gasteiger partial charge on any atom is 0.274 e. The molecule has 0 saturated carbocycles. The van der Waals surface area contributed by atoms with Crippen molar-refractivity contribution in [3.05, 3.63) is 41.8 Å². The second-order valence-electron chi connectivity index (χ2n) is 4.36. The van der Waals surface area contributed by atoms with Gasteiger partial charge >= 0.3 is 0 Å². The van der Waals surface area contributed by atoms with E-state index in [1.54, 1.807) is 29.6 Å². The summed E-state index contributed by atoms with van der Waals surface area (Å²) < 4.78 is 32.8. The molecular weight excluding hydrogens is 282 g/mol. The van der Waals surface area contributed by atoms with Crippen LogP contribution in [0.15, 0.2) is 46.0 Å². The Labute approximate surface area is 116 Å². The van der Waals surface area contributed by atoms with Gasteiger partial charge in [-0.15, -0.1) is 11.3 Å². The lowest BCUT2D eigenvalue weighted by Crippen LogP contribution is -2.44. The Morgan fingerprint density at radius 3 is 2.79 bits per heavy atom. The number of ether oxygens (including phenoxy) is 1. The lowest BCUT2D eigenvalue weighted by molar-refractivity contribution is 0.281. The van der Waals surface area contributed by atoms with E-state index in [1.807, 2.05) is 19.1 Å². The van der Waals surface area contributed by atoms with Crippen LogP contribution in [0.5, 0.6) is 5.75 Å². The van der Waals surface area contributed by atoms with Gasteiger partial charge in [-0.2, -0.15) is 0 Å². The number of hydrogen-bond donors (Lipinski definition) is 0.